The van der Waals surface area contributed by atoms with Crippen molar-refractivity contribution in [1.82, 2.24) is 5.32 Å². The van der Waals surface area contributed by atoms with Gasteiger partial charge in [0.1, 0.15) is 5.82 Å². The van der Waals surface area contributed by atoms with Gasteiger partial charge in [-0.3, -0.25) is 0 Å². The van der Waals surface area contributed by atoms with E-state index in [0.717, 1.165) is 12.1 Å². The highest BCUT2D eigenvalue weighted by Crippen LogP contribution is 2.31. The number of rotatable bonds is 3. The SMILES string of the molecule is CNC(C)C(F)(F)c1cccc(F)c1. The van der Waals surface area contributed by atoms with E-state index in [9.17, 15) is 13.2 Å². The Hall–Kier alpha value is -1.03. The molecule has 1 unspecified atom stereocenters. The minimum Gasteiger partial charge on any atom is -0.312 e. The molecule has 0 heterocycles. The van der Waals surface area contributed by atoms with Crippen molar-refractivity contribution < 1.29 is 13.2 Å². The fraction of sp³-hybridized carbons (Fsp3) is 0.400. The molecule has 4 heteroatoms. The number of benzene rings is 1. The van der Waals surface area contributed by atoms with Crippen LogP contribution in [0.4, 0.5) is 13.2 Å². The van der Waals surface area contributed by atoms with Crippen molar-refractivity contribution in [3.63, 3.8) is 0 Å². The van der Waals surface area contributed by atoms with Gasteiger partial charge in [0.05, 0.1) is 6.04 Å². The summed E-state index contributed by atoms with van der Waals surface area (Å²) < 4.78 is 39.7. The van der Waals surface area contributed by atoms with E-state index >= 15 is 0 Å². The van der Waals surface area contributed by atoms with Crippen molar-refractivity contribution in [2.45, 2.75) is 18.9 Å². The molecule has 1 rings (SSSR count). The second-order valence-corrected chi connectivity index (χ2v) is 3.14. The van der Waals surface area contributed by atoms with Crippen LogP contribution >= 0.6 is 0 Å². The smallest absolute Gasteiger partial charge is 0.288 e. The van der Waals surface area contributed by atoms with E-state index in [-0.39, 0.29) is 5.56 Å². The van der Waals surface area contributed by atoms with Crippen LogP contribution in [0.25, 0.3) is 0 Å². The first-order valence-corrected chi connectivity index (χ1v) is 4.29. The van der Waals surface area contributed by atoms with Crippen molar-refractivity contribution in [1.29, 1.82) is 0 Å². The Labute approximate surface area is 80.9 Å². The number of halogens is 3. The van der Waals surface area contributed by atoms with E-state index in [1.807, 2.05) is 0 Å². The van der Waals surface area contributed by atoms with Crippen LogP contribution in [0.3, 0.4) is 0 Å². The molecule has 0 fully saturated rings. The largest absolute Gasteiger partial charge is 0.312 e. The molecule has 0 spiro atoms. The van der Waals surface area contributed by atoms with Gasteiger partial charge in [0, 0.05) is 5.56 Å². The summed E-state index contributed by atoms with van der Waals surface area (Å²) in [6, 6.07) is 3.47. The fourth-order valence-electron chi connectivity index (χ4n) is 1.13. The third kappa shape index (κ3) is 2.07. The van der Waals surface area contributed by atoms with Gasteiger partial charge in [-0.25, -0.2) is 4.39 Å². The molecule has 1 atom stereocenters. The predicted octanol–water partition coefficient (Wildman–Crippen LogP) is 2.53. The van der Waals surface area contributed by atoms with Gasteiger partial charge in [-0.15, -0.1) is 0 Å². The van der Waals surface area contributed by atoms with Crippen LogP contribution in [-0.2, 0) is 5.92 Å². The first-order valence-electron chi connectivity index (χ1n) is 4.29. The van der Waals surface area contributed by atoms with Crippen molar-refractivity contribution in [3.8, 4) is 0 Å². The Morgan fingerprint density at radius 2 is 2.00 bits per heavy atom. The van der Waals surface area contributed by atoms with Gasteiger partial charge in [0.25, 0.3) is 5.92 Å². The summed E-state index contributed by atoms with van der Waals surface area (Å²) in [7, 11) is 1.44. The van der Waals surface area contributed by atoms with Gasteiger partial charge in [-0.05, 0) is 26.1 Å². The van der Waals surface area contributed by atoms with Crippen LogP contribution in [-0.4, -0.2) is 13.1 Å². The predicted molar refractivity (Wildman–Crippen MR) is 48.8 cm³/mol. The second kappa shape index (κ2) is 4.00. The lowest BCUT2D eigenvalue weighted by molar-refractivity contribution is -0.0356. The van der Waals surface area contributed by atoms with E-state index in [4.69, 9.17) is 0 Å². The maximum atomic E-state index is 13.5. The topological polar surface area (TPSA) is 12.0 Å². The van der Waals surface area contributed by atoms with Crippen molar-refractivity contribution in [2.24, 2.45) is 0 Å². The van der Waals surface area contributed by atoms with E-state index in [1.54, 1.807) is 0 Å². The number of hydrogen-bond acceptors (Lipinski definition) is 1. The molecule has 1 aromatic carbocycles. The summed E-state index contributed by atoms with van der Waals surface area (Å²) in [6.45, 7) is 1.35. The highest BCUT2D eigenvalue weighted by Gasteiger charge is 2.37. The van der Waals surface area contributed by atoms with E-state index in [1.165, 1.54) is 26.1 Å². The average Bonchev–Trinajstić information content (AvgIpc) is 2.16. The van der Waals surface area contributed by atoms with Gasteiger partial charge in [-0.2, -0.15) is 8.78 Å². The molecule has 1 aromatic rings. The molecule has 0 amide bonds. The lowest BCUT2D eigenvalue weighted by atomic mass is 10.0. The molecule has 0 aliphatic carbocycles. The first-order chi connectivity index (χ1) is 6.48. The molecule has 0 aliphatic heterocycles. The van der Waals surface area contributed by atoms with Crippen LogP contribution in [0.15, 0.2) is 24.3 Å². The first kappa shape index (κ1) is 11.0. The molecule has 1 nitrogen and oxygen atoms in total. The number of likely N-dealkylation sites (N-methyl/N-ethyl adjacent to an activating group) is 1. The number of nitrogens with one attached hydrogen (secondary N) is 1. The zero-order valence-electron chi connectivity index (χ0n) is 8.02. The molecular formula is C10H12F3N. The molecule has 78 valence electrons. The summed E-state index contributed by atoms with van der Waals surface area (Å²) in [4.78, 5) is 0. The maximum absolute atomic E-state index is 13.5. The Morgan fingerprint density at radius 3 is 2.50 bits per heavy atom. The zero-order valence-corrected chi connectivity index (χ0v) is 8.02. The summed E-state index contributed by atoms with van der Waals surface area (Å²) >= 11 is 0. The van der Waals surface area contributed by atoms with Crippen molar-refractivity contribution in [2.75, 3.05) is 7.05 Å². The van der Waals surface area contributed by atoms with Gasteiger partial charge in [0.2, 0.25) is 0 Å². The summed E-state index contributed by atoms with van der Waals surface area (Å²) in [6.07, 6.45) is 0. The zero-order chi connectivity index (χ0) is 10.8. The van der Waals surface area contributed by atoms with Gasteiger partial charge >= 0.3 is 0 Å². The summed E-state index contributed by atoms with van der Waals surface area (Å²) in [5, 5.41) is 2.45. The molecule has 0 aromatic heterocycles. The minimum atomic E-state index is -3.06. The number of hydrogen-bond donors (Lipinski definition) is 1. The fourth-order valence-corrected chi connectivity index (χ4v) is 1.13. The van der Waals surface area contributed by atoms with Crippen molar-refractivity contribution >= 4 is 0 Å². The van der Waals surface area contributed by atoms with Gasteiger partial charge in [0.15, 0.2) is 0 Å². The average molecular weight is 203 g/mol. The second-order valence-electron chi connectivity index (χ2n) is 3.14. The molecular weight excluding hydrogens is 191 g/mol. The number of alkyl halides is 2. The van der Waals surface area contributed by atoms with Crippen LogP contribution in [0.1, 0.15) is 12.5 Å². The van der Waals surface area contributed by atoms with Gasteiger partial charge < -0.3 is 5.32 Å². The Morgan fingerprint density at radius 1 is 1.36 bits per heavy atom. The van der Waals surface area contributed by atoms with Crippen LogP contribution in [0.2, 0.25) is 0 Å². The molecule has 0 saturated heterocycles. The standard InChI is InChI=1S/C10H12F3N/c1-7(14-2)10(12,13)8-4-3-5-9(11)6-8/h3-7,14H,1-2H3. The van der Waals surface area contributed by atoms with Crippen LogP contribution in [0.5, 0.6) is 0 Å². The summed E-state index contributed by atoms with van der Waals surface area (Å²) in [5.74, 6) is -3.71. The quantitative estimate of drug-likeness (QED) is 0.796. The van der Waals surface area contributed by atoms with E-state index in [2.05, 4.69) is 5.32 Å². The molecule has 0 bridgehead atoms. The normalized spacial score (nSPS) is 14.1. The molecule has 0 aliphatic rings. The Kier molecular flexibility index (Phi) is 3.16. The summed E-state index contributed by atoms with van der Waals surface area (Å²) in [5.41, 5.74) is -0.306. The molecule has 1 N–H and O–H groups in total. The lowest BCUT2D eigenvalue weighted by Crippen LogP contribution is -2.38. The molecule has 14 heavy (non-hydrogen) atoms. The molecule has 0 saturated carbocycles. The lowest BCUT2D eigenvalue weighted by Gasteiger charge is -2.23. The Bertz CT molecular complexity index is 312. The highest BCUT2D eigenvalue weighted by atomic mass is 19.3. The van der Waals surface area contributed by atoms with Crippen molar-refractivity contribution in [3.05, 3.63) is 35.6 Å². The maximum Gasteiger partial charge on any atom is 0.288 e. The van der Waals surface area contributed by atoms with E-state index < -0.39 is 17.8 Å². The third-order valence-electron chi connectivity index (χ3n) is 2.19. The minimum absolute atomic E-state index is 0.306. The van der Waals surface area contributed by atoms with E-state index in [0.29, 0.717) is 0 Å². The molecule has 0 radical (unpaired) electrons. The van der Waals surface area contributed by atoms with Gasteiger partial charge in [-0.1, -0.05) is 12.1 Å². The van der Waals surface area contributed by atoms with Crippen LogP contribution < -0.4 is 5.32 Å². The highest BCUT2D eigenvalue weighted by molar-refractivity contribution is 5.22. The Balaban J connectivity index is 3.03. The monoisotopic (exact) mass is 203 g/mol. The third-order valence-corrected chi connectivity index (χ3v) is 2.19. The van der Waals surface area contributed by atoms with Crippen LogP contribution in [0, 0.1) is 5.82 Å².